The van der Waals surface area contributed by atoms with Crippen LogP contribution < -0.4 is 10.0 Å². The zero-order valence-electron chi connectivity index (χ0n) is 18.7. The summed E-state index contributed by atoms with van der Waals surface area (Å²) in [7, 11) is -3.06. The lowest BCUT2D eigenvalue weighted by Crippen LogP contribution is -2.49. The molecular formula is C21H23N5O7S. The number of carbonyl (C=O) groups is 2. The third-order valence-corrected chi connectivity index (χ3v) is 6.73. The van der Waals surface area contributed by atoms with Gasteiger partial charge in [-0.05, 0) is 31.5 Å². The first-order valence-electron chi connectivity index (χ1n) is 10.2. The fraction of sp³-hybridized carbons (Fsp3) is 0.381. The van der Waals surface area contributed by atoms with E-state index in [2.05, 4.69) is 25.1 Å². The second-order valence-corrected chi connectivity index (χ2v) is 9.17. The second kappa shape index (κ2) is 10.4. The van der Waals surface area contributed by atoms with Crippen molar-refractivity contribution in [3.8, 4) is 6.07 Å². The number of nitriles is 1. The number of hydrogen-bond acceptors (Lipinski definition) is 10. The molecule has 0 saturated heterocycles. The molecule has 13 heteroatoms. The number of nitrogens with one attached hydrogen (secondary N) is 2. The van der Waals surface area contributed by atoms with E-state index in [-0.39, 0.29) is 29.3 Å². The maximum Gasteiger partial charge on any atom is 0.325 e. The minimum atomic E-state index is -4.17. The van der Waals surface area contributed by atoms with Gasteiger partial charge in [0.05, 0.1) is 30.9 Å². The van der Waals surface area contributed by atoms with Crippen LogP contribution in [0.25, 0.3) is 0 Å². The van der Waals surface area contributed by atoms with Crippen LogP contribution in [0.3, 0.4) is 0 Å². The zero-order valence-corrected chi connectivity index (χ0v) is 19.5. The van der Waals surface area contributed by atoms with E-state index in [1.165, 1.54) is 13.8 Å². The quantitative estimate of drug-likeness (QED) is 0.480. The van der Waals surface area contributed by atoms with E-state index < -0.39 is 34.0 Å². The van der Waals surface area contributed by atoms with Crippen molar-refractivity contribution in [1.82, 2.24) is 15.2 Å². The lowest BCUT2D eigenvalue weighted by atomic mass is 10.0. The highest BCUT2D eigenvalue weighted by Crippen LogP contribution is 2.20. The van der Waals surface area contributed by atoms with Gasteiger partial charge in [0.2, 0.25) is 15.9 Å². The first-order valence-corrected chi connectivity index (χ1v) is 11.7. The Labute approximate surface area is 195 Å². The molecule has 2 aromatic rings. The van der Waals surface area contributed by atoms with E-state index in [4.69, 9.17) is 14.6 Å². The average Bonchev–Trinajstić information content (AvgIpc) is 3.42. The van der Waals surface area contributed by atoms with E-state index in [0.717, 1.165) is 12.7 Å². The summed E-state index contributed by atoms with van der Waals surface area (Å²) in [6, 6.07) is 7.48. The van der Waals surface area contributed by atoms with Crippen LogP contribution in [0.1, 0.15) is 35.4 Å². The molecule has 0 unspecified atom stereocenters. The van der Waals surface area contributed by atoms with Gasteiger partial charge in [-0.1, -0.05) is 22.4 Å². The second-order valence-electron chi connectivity index (χ2n) is 7.52. The highest BCUT2D eigenvalue weighted by molar-refractivity contribution is 7.89. The van der Waals surface area contributed by atoms with Crippen LogP contribution in [0.2, 0.25) is 0 Å². The Bertz CT molecular complexity index is 1230. The number of nitrogens with zero attached hydrogens (tertiary/aromatic N) is 3. The highest BCUT2D eigenvalue weighted by Gasteiger charge is 2.32. The van der Waals surface area contributed by atoms with Crippen LogP contribution >= 0.6 is 0 Å². The van der Waals surface area contributed by atoms with E-state index >= 15 is 0 Å². The molecule has 1 aliphatic rings. The normalized spacial score (nSPS) is 16.2. The molecule has 0 fully saturated rings. The van der Waals surface area contributed by atoms with Crippen LogP contribution in [-0.4, -0.2) is 57.0 Å². The largest absolute Gasteiger partial charge is 0.468 e. The Morgan fingerprint density at radius 3 is 2.59 bits per heavy atom. The number of amides is 1. The van der Waals surface area contributed by atoms with Crippen LogP contribution in [0, 0.1) is 25.2 Å². The summed E-state index contributed by atoms with van der Waals surface area (Å²) in [5, 5.41) is 19.0. The van der Waals surface area contributed by atoms with Crippen molar-refractivity contribution in [3.63, 3.8) is 0 Å². The molecule has 1 aromatic heterocycles. The van der Waals surface area contributed by atoms with Gasteiger partial charge in [0.1, 0.15) is 22.7 Å². The Morgan fingerprint density at radius 2 is 2.00 bits per heavy atom. The Morgan fingerprint density at radius 1 is 1.29 bits per heavy atom. The number of rotatable bonds is 9. The predicted molar refractivity (Wildman–Crippen MR) is 117 cm³/mol. The topological polar surface area (TPSA) is 173 Å². The lowest BCUT2D eigenvalue weighted by Gasteiger charge is -2.17. The van der Waals surface area contributed by atoms with Gasteiger partial charge < -0.3 is 19.4 Å². The van der Waals surface area contributed by atoms with E-state index in [1.54, 1.807) is 24.3 Å². The summed E-state index contributed by atoms with van der Waals surface area (Å²) >= 11 is 0. The number of methoxy groups -OCH3 is 1. The molecule has 0 bridgehead atoms. The summed E-state index contributed by atoms with van der Waals surface area (Å²) < 4.78 is 37.2. The number of esters is 1. The fourth-order valence-electron chi connectivity index (χ4n) is 3.36. The maximum atomic E-state index is 12.7. The van der Waals surface area contributed by atoms with Gasteiger partial charge in [-0.3, -0.25) is 9.59 Å². The molecule has 2 heterocycles. The number of hydrogen-bond donors (Lipinski definition) is 2. The molecule has 1 aliphatic heterocycles. The van der Waals surface area contributed by atoms with Gasteiger partial charge in [-0.25, -0.2) is 8.42 Å². The Balaban J connectivity index is 1.56. The number of aromatic nitrogens is 1. The molecule has 180 valence electrons. The molecule has 0 spiro atoms. The number of ether oxygens (including phenoxy) is 1. The van der Waals surface area contributed by atoms with Crippen molar-refractivity contribution in [1.29, 1.82) is 5.26 Å². The van der Waals surface area contributed by atoms with Crippen molar-refractivity contribution >= 4 is 27.6 Å². The fourth-order valence-corrected chi connectivity index (χ4v) is 4.87. The minimum Gasteiger partial charge on any atom is -0.468 e. The smallest absolute Gasteiger partial charge is 0.325 e. The molecular weight excluding hydrogens is 466 g/mol. The highest BCUT2D eigenvalue weighted by atomic mass is 32.2. The molecule has 2 N–H and O–H groups in total. The molecule has 1 amide bonds. The number of benzene rings is 1. The van der Waals surface area contributed by atoms with Crippen molar-refractivity contribution in [2.24, 2.45) is 5.16 Å². The SMILES string of the molecule is COC(=O)[C@@H](CNC(=O)C[C@H]1CC(c2ccc(C#N)cc2)=NO1)NS(=O)(=O)c1c(C)noc1C. The van der Waals surface area contributed by atoms with E-state index in [1.807, 2.05) is 6.07 Å². The minimum absolute atomic E-state index is 0.0617. The third kappa shape index (κ3) is 5.77. The number of carbonyl (C=O) groups excluding carboxylic acids is 2. The molecule has 3 rings (SSSR count). The standard InChI is InChI=1S/C21H23N5O7S/c1-12-20(13(2)32-24-12)34(29,30)26-18(21(28)31-3)11-23-19(27)9-16-8-17(25-33-16)15-6-4-14(10-22)5-7-15/h4-7,16,18,26H,8-9,11H2,1-3H3,(H,23,27)/t16-,18-/m1/s1. The van der Waals surface area contributed by atoms with Crippen molar-refractivity contribution < 1.29 is 32.1 Å². The van der Waals surface area contributed by atoms with Gasteiger partial charge in [0.25, 0.3) is 0 Å². The van der Waals surface area contributed by atoms with Crippen LogP contribution in [0.15, 0.2) is 38.8 Å². The molecule has 0 aliphatic carbocycles. The van der Waals surface area contributed by atoms with Gasteiger partial charge in [0.15, 0.2) is 5.76 Å². The summed E-state index contributed by atoms with van der Waals surface area (Å²) in [6.45, 7) is 2.54. The van der Waals surface area contributed by atoms with E-state index in [9.17, 15) is 18.0 Å². The summed E-state index contributed by atoms with van der Waals surface area (Å²) in [5.41, 5.74) is 2.07. The molecule has 1 aromatic carbocycles. The van der Waals surface area contributed by atoms with Gasteiger partial charge in [-0.2, -0.15) is 9.98 Å². The van der Waals surface area contributed by atoms with Crippen molar-refractivity contribution in [2.45, 2.75) is 43.7 Å². The summed E-state index contributed by atoms with van der Waals surface area (Å²) in [5.74, 6) is -1.28. The van der Waals surface area contributed by atoms with Gasteiger partial charge in [-0.15, -0.1) is 0 Å². The van der Waals surface area contributed by atoms with Crippen LogP contribution in [0.4, 0.5) is 0 Å². The van der Waals surface area contributed by atoms with Gasteiger partial charge >= 0.3 is 5.97 Å². The van der Waals surface area contributed by atoms with Crippen molar-refractivity contribution in [2.75, 3.05) is 13.7 Å². The van der Waals surface area contributed by atoms with Crippen LogP contribution in [-0.2, 0) is 29.2 Å². The lowest BCUT2D eigenvalue weighted by molar-refractivity contribution is -0.142. The van der Waals surface area contributed by atoms with Crippen molar-refractivity contribution in [3.05, 3.63) is 46.8 Å². The number of oxime groups is 1. The Kier molecular flexibility index (Phi) is 7.64. The number of sulfonamides is 1. The van der Waals surface area contributed by atoms with Crippen LogP contribution in [0.5, 0.6) is 0 Å². The molecule has 12 nitrogen and oxygen atoms in total. The number of aryl methyl sites for hydroxylation is 2. The van der Waals surface area contributed by atoms with Gasteiger partial charge in [0, 0.05) is 13.0 Å². The molecule has 34 heavy (non-hydrogen) atoms. The predicted octanol–water partition coefficient (Wildman–Crippen LogP) is 0.683. The first kappa shape index (κ1) is 24.9. The monoisotopic (exact) mass is 489 g/mol. The summed E-state index contributed by atoms with van der Waals surface area (Å²) in [6.07, 6.45) is -0.215. The van der Waals surface area contributed by atoms with E-state index in [0.29, 0.717) is 17.7 Å². The molecule has 0 saturated carbocycles. The Hall–Kier alpha value is -3.76. The molecule has 2 atom stereocenters. The molecule has 0 radical (unpaired) electrons. The maximum absolute atomic E-state index is 12.7. The average molecular weight is 490 g/mol. The zero-order chi connectivity index (χ0) is 24.9. The summed E-state index contributed by atoms with van der Waals surface area (Å²) in [4.78, 5) is 29.7. The third-order valence-electron chi connectivity index (χ3n) is 5.02. The first-order chi connectivity index (χ1) is 16.1.